The number of nitriles is 1. The van der Waals surface area contributed by atoms with Crippen LogP contribution in [-0.4, -0.2) is 9.55 Å². The molecule has 1 unspecified atom stereocenters. The topological polar surface area (TPSA) is 58.7 Å². The molecular weight excluding hydrogens is 342 g/mol. The molecule has 4 rings (SSSR count). The van der Waals surface area contributed by atoms with Crippen molar-refractivity contribution in [3.8, 4) is 17.5 Å². The number of unbranched alkanes of at least 4 members (excludes halogenated alkanes) is 1. The summed E-state index contributed by atoms with van der Waals surface area (Å²) in [6, 6.07) is 12.0. The van der Waals surface area contributed by atoms with Crippen molar-refractivity contribution in [2.24, 2.45) is 5.92 Å². The smallest absolute Gasteiger partial charge is 0.262 e. The molecule has 132 valence electrons. The molecule has 0 saturated heterocycles. The van der Waals surface area contributed by atoms with Gasteiger partial charge in [-0.05, 0) is 37.2 Å². The normalized spacial score (nSPS) is 16.4. The van der Waals surface area contributed by atoms with E-state index >= 15 is 0 Å². The Kier molecular flexibility index (Phi) is 4.60. The first-order valence-electron chi connectivity index (χ1n) is 9.16. The third kappa shape index (κ3) is 2.95. The van der Waals surface area contributed by atoms with Gasteiger partial charge >= 0.3 is 0 Å². The van der Waals surface area contributed by atoms with Gasteiger partial charge in [-0.15, -0.1) is 11.3 Å². The predicted octanol–water partition coefficient (Wildman–Crippen LogP) is 4.55. The zero-order chi connectivity index (χ0) is 18.1. The molecule has 2 aromatic heterocycles. The fourth-order valence-electron chi connectivity index (χ4n) is 3.75. The fraction of sp³-hybridized carbons (Fsp3) is 0.381. The van der Waals surface area contributed by atoms with Gasteiger partial charge in [-0.1, -0.05) is 37.3 Å². The van der Waals surface area contributed by atoms with Crippen LogP contribution >= 0.6 is 11.3 Å². The van der Waals surface area contributed by atoms with Gasteiger partial charge < -0.3 is 0 Å². The van der Waals surface area contributed by atoms with Crippen LogP contribution in [0, 0.1) is 17.2 Å². The molecule has 1 atom stereocenters. The predicted molar refractivity (Wildman–Crippen MR) is 105 cm³/mol. The number of hydrogen-bond donors (Lipinski definition) is 0. The summed E-state index contributed by atoms with van der Waals surface area (Å²) in [6.07, 6.45) is 4.25. The van der Waals surface area contributed by atoms with Crippen LogP contribution in [0.3, 0.4) is 0 Å². The van der Waals surface area contributed by atoms with E-state index in [1.807, 2.05) is 30.3 Å². The lowest BCUT2D eigenvalue weighted by molar-refractivity contribution is 0.509. The van der Waals surface area contributed by atoms with E-state index in [4.69, 9.17) is 10.2 Å². The molecule has 0 saturated carbocycles. The lowest BCUT2D eigenvalue weighted by Gasteiger charge is -2.17. The van der Waals surface area contributed by atoms with Crippen molar-refractivity contribution in [3.63, 3.8) is 0 Å². The molecule has 1 aliphatic rings. The molecule has 0 radical (unpaired) electrons. The van der Waals surface area contributed by atoms with Crippen molar-refractivity contribution in [1.29, 1.82) is 5.26 Å². The van der Waals surface area contributed by atoms with Gasteiger partial charge in [0.25, 0.3) is 5.56 Å². The van der Waals surface area contributed by atoms with Crippen molar-refractivity contribution in [1.82, 2.24) is 9.55 Å². The quantitative estimate of drug-likeness (QED) is 0.639. The lowest BCUT2D eigenvalue weighted by atomic mass is 9.89. The molecule has 26 heavy (non-hydrogen) atoms. The molecule has 0 spiro atoms. The highest BCUT2D eigenvalue weighted by Gasteiger charge is 2.24. The standard InChI is InChI=1S/C21H21N3OS/c1-14-9-10-16-17(13-14)26-20-18(16)21(25)24(12-6-5-11-22)19(23-20)15-7-3-2-4-8-15/h2-4,7-8,14H,5-6,9-10,12-13H2,1H3. The van der Waals surface area contributed by atoms with E-state index in [1.165, 1.54) is 10.4 Å². The summed E-state index contributed by atoms with van der Waals surface area (Å²) in [4.78, 5) is 20.5. The van der Waals surface area contributed by atoms with Gasteiger partial charge in [0, 0.05) is 23.4 Å². The number of thiophene rings is 1. The van der Waals surface area contributed by atoms with Gasteiger partial charge in [-0.2, -0.15) is 5.26 Å². The Labute approximate surface area is 156 Å². The summed E-state index contributed by atoms with van der Waals surface area (Å²) in [7, 11) is 0. The summed E-state index contributed by atoms with van der Waals surface area (Å²) in [5, 5.41) is 9.68. The van der Waals surface area contributed by atoms with Crippen LogP contribution < -0.4 is 5.56 Å². The third-order valence-electron chi connectivity index (χ3n) is 5.12. The van der Waals surface area contributed by atoms with Gasteiger partial charge in [0.15, 0.2) is 0 Å². The number of nitrogens with zero attached hydrogens (tertiary/aromatic N) is 3. The van der Waals surface area contributed by atoms with Crippen molar-refractivity contribution < 1.29 is 0 Å². The minimum Gasteiger partial charge on any atom is -0.292 e. The van der Waals surface area contributed by atoms with Crippen LogP contribution in [-0.2, 0) is 19.4 Å². The summed E-state index contributed by atoms with van der Waals surface area (Å²) >= 11 is 1.69. The monoisotopic (exact) mass is 363 g/mol. The van der Waals surface area contributed by atoms with Crippen LogP contribution in [0.15, 0.2) is 35.1 Å². The number of fused-ring (bicyclic) bond motifs is 3. The van der Waals surface area contributed by atoms with Gasteiger partial charge in [-0.25, -0.2) is 4.98 Å². The average molecular weight is 363 g/mol. The highest BCUT2D eigenvalue weighted by atomic mass is 32.1. The van der Waals surface area contributed by atoms with Crippen molar-refractivity contribution in [2.45, 2.75) is 45.6 Å². The molecule has 4 nitrogen and oxygen atoms in total. The van der Waals surface area contributed by atoms with Gasteiger partial charge in [0.05, 0.1) is 11.5 Å². The Morgan fingerprint density at radius 2 is 2.15 bits per heavy atom. The number of rotatable bonds is 4. The van der Waals surface area contributed by atoms with Crippen LogP contribution in [0.25, 0.3) is 21.6 Å². The maximum atomic E-state index is 13.4. The average Bonchev–Trinajstić information content (AvgIpc) is 3.01. The van der Waals surface area contributed by atoms with E-state index in [0.29, 0.717) is 31.1 Å². The first-order valence-corrected chi connectivity index (χ1v) is 9.98. The van der Waals surface area contributed by atoms with Crippen LogP contribution in [0.5, 0.6) is 0 Å². The highest BCUT2D eigenvalue weighted by Crippen LogP contribution is 2.36. The Balaban J connectivity index is 1.93. The zero-order valence-corrected chi connectivity index (χ0v) is 15.7. The number of benzene rings is 1. The number of hydrogen-bond acceptors (Lipinski definition) is 4. The summed E-state index contributed by atoms with van der Waals surface area (Å²) < 4.78 is 1.78. The van der Waals surface area contributed by atoms with Crippen LogP contribution in [0.4, 0.5) is 0 Å². The van der Waals surface area contributed by atoms with E-state index in [0.717, 1.165) is 35.0 Å². The molecule has 0 aliphatic heterocycles. The highest BCUT2D eigenvalue weighted by molar-refractivity contribution is 7.18. The number of aromatic nitrogens is 2. The molecule has 0 bridgehead atoms. The van der Waals surface area contributed by atoms with Crippen molar-refractivity contribution >= 4 is 21.6 Å². The second kappa shape index (κ2) is 7.05. The zero-order valence-electron chi connectivity index (χ0n) is 14.9. The first kappa shape index (κ1) is 17.0. The van der Waals surface area contributed by atoms with E-state index < -0.39 is 0 Å². The van der Waals surface area contributed by atoms with Crippen molar-refractivity contribution in [3.05, 3.63) is 51.1 Å². The van der Waals surface area contributed by atoms with E-state index in [2.05, 4.69) is 13.0 Å². The Morgan fingerprint density at radius 3 is 2.92 bits per heavy atom. The molecule has 0 amide bonds. The second-order valence-corrected chi connectivity index (χ2v) is 8.14. The van der Waals surface area contributed by atoms with E-state index in [9.17, 15) is 4.79 Å². The molecule has 0 fully saturated rings. The Bertz CT molecular complexity index is 1040. The summed E-state index contributed by atoms with van der Waals surface area (Å²) in [5.74, 6) is 1.38. The van der Waals surface area contributed by atoms with E-state index in [-0.39, 0.29) is 5.56 Å². The van der Waals surface area contributed by atoms with E-state index in [1.54, 1.807) is 15.9 Å². The maximum Gasteiger partial charge on any atom is 0.262 e. The molecule has 1 aromatic carbocycles. The number of aryl methyl sites for hydroxylation is 1. The lowest BCUT2D eigenvalue weighted by Crippen LogP contribution is -2.24. The molecular formula is C21H21N3OS. The van der Waals surface area contributed by atoms with Gasteiger partial charge in [-0.3, -0.25) is 9.36 Å². The van der Waals surface area contributed by atoms with Crippen molar-refractivity contribution in [2.75, 3.05) is 0 Å². The molecule has 3 aromatic rings. The summed E-state index contributed by atoms with van der Waals surface area (Å²) in [6.45, 7) is 2.80. The minimum absolute atomic E-state index is 0.0545. The molecule has 1 aliphatic carbocycles. The Hall–Kier alpha value is -2.45. The largest absolute Gasteiger partial charge is 0.292 e. The SMILES string of the molecule is CC1CCc2c(sc3nc(-c4ccccc4)n(CCCC#N)c(=O)c23)C1. The Morgan fingerprint density at radius 1 is 1.35 bits per heavy atom. The van der Waals surface area contributed by atoms with Crippen LogP contribution in [0.1, 0.15) is 36.6 Å². The fourth-order valence-corrected chi connectivity index (χ4v) is 5.13. The van der Waals surface area contributed by atoms with Gasteiger partial charge in [0.1, 0.15) is 10.7 Å². The summed E-state index contributed by atoms with van der Waals surface area (Å²) in [5.41, 5.74) is 2.22. The van der Waals surface area contributed by atoms with Gasteiger partial charge in [0.2, 0.25) is 0 Å². The molecule has 0 N–H and O–H groups in total. The second-order valence-electron chi connectivity index (χ2n) is 7.05. The first-order chi connectivity index (χ1) is 12.7. The molecule has 5 heteroatoms. The third-order valence-corrected chi connectivity index (χ3v) is 6.27. The maximum absolute atomic E-state index is 13.4. The molecule has 2 heterocycles. The van der Waals surface area contributed by atoms with Crippen LogP contribution in [0.2, 0.25) is 0 Å². The minimum atomic E-state index is 0.0545.